The van der Waals surface area contributed by atoms with Crippen molar-refractivity contribution in [3.63, 3.8) is 0 Å². The lowest BCUT2D eigenvalue weighted by molar-refractivity contribution is -0.0504. The van der Waals surface area contributed by atoms with Crippen molar-refractivity contribution in [1.29, 1.82) is 0 Å². The van der Waals surface area contributed by atoms with E-state index in [1.54, 1.807) is 0 Å². The SMILES string of the molecule is Cc1c(OC(F)F)ccc(Cl)c1F. The summed E-state index contributed by atoms with van der Waals surface area (Å²) in [5, 5.41) is -0.112. The van der Waals surface area contributed by atoms with Crippen molar-refractivity contribution in [2.45, 2.75) is 13.5 Å². The van der Waals surface area contributed by atoms with Crippen molar-refractivity contribution in [3.05, 3.63) is 28.5 Å². The molecule has 1 aromatic carbocycles. The van der Waals surface area contributed by atoms with Crippen molar-refractivity contribution in [1.82, 2.24) is 0 Å². The molecule has 0 amide bonds. The highest BCUT2D eigenvalue weighted by Gasteiger charge is 2.12. The van der Waals surface area contributed by atoms with Gasteiger partial charge in [0.05, 0.1) is 5.02 Å². The topological polar surface area (TPSA) is 9.23 Å². The monoisotopic (exact) mass is 210 g/mol. The first kappa shape index (κ1) is 10.2. The van der Waals surface area contributed by atoms with E-state index < -0.39 is 12.4 Å². The number of halogens is 4. The van der Waals surface area contributed by atoms with Crippen LogP contribution in [-0.2, 0) is 0 Å². The summed E-state index contributed by atoms with van der Waals surface area (Å²) >= 11 is 5.40. The van der Waals surface area contributed by atoms with Crippen molar-refractivity contribution >= 4 is 11.6 Å². The van der Waals surface area contributed by atoms with Gasteiger partial charge >= 0.3 is 6.61 Å². The zero-order chi connectivity index (χ0) is 10.0. The Morgan fingerprint density at radius 1 is 1.38 bits per heavy atom. The molecule has 1 rings (SSSR count). The molecule has 0 saturated carbocycles. The average Bonchev–Trinajstić information content (AvgIpc) is 2.06. The van der Waals surface area contributed by atoms with E-state index in [4.69, 9.17) is 11.6 Å². The summed E-state index contributed by atoms with van der Waals surface area (Å²) < 4.78 is 40.5. The molecule has 0 unspecified atom stereocenters. The Morgan fingerprint density at radius 2 is 2.00 bits per heavy atom. The predicted octanol–water partition coefficient (Wildman–Crippen LogP) is 3.39. The molecule has 0 heterocycles. The van der Waals surface area contributed by atoms with E-state index in [9.17, 15) is 13.2 Å². The van der Waals surface area contributed by atoms with Crippen molar-refractivity contribution in [2.24, 2.45) is 0 Å². The molecule has 0 N–H and O–H groups in total. The molecule has 0 bridgehead atoms. The lowest BCUT2D eigenvalue weighted by Crippen LogP contribution is -2.04. The lowest BCUT2D eigenvalue weighted by atomic mass is 10.2. The second-order valence-electron chi connectivity index (χ2n) is 2.36. The molecular formula is C8H6ClF3O. The second-order valence-corrected chi connectivity index (χ2v) is 2.77. The minimum Gasteiger partial charge on any atom is -0.434 e. The van der Waals surface area contributed by atoms with Crippen LogP contribution in [0.1, 0.15) is 5.56 Å². The first-order valence-electron chi connectivity index (χ1n) is 3.41. The molecule has 0 aromatic heterocycles. The van der Waals surface area contributed by atoms with Crippen LogP contribution in [0.3, 0.4) is 0 Å². The molecule has 5 heteroatoms. The maximum atomic E-state index is 13.0. The molecule has 0 aliphatic heterocycles. The summed E-state index contributed by atoms with van der Waals surface area (Å²) in [7, 11) is 0. The van der Waals surface area contributed by atoms with E-state index in [-0.39, 0.29) is 16.3 Å². The normalized spacial score (nSPS) is 10.6. The first-order chi connectivity index (χ1) is 6.02. The maximum absolute atomic E-state index is 13.0. The minimum atomic E-state index is -2.96. The standard InChI is InChI=1S/C8H6ClF3O/c1-4-6(13-8(11)12)3-2-5(9)7(4)10/h2-3,8H,1H3. The molecule has 0 fully saturated rings. The number of hydrogen-bond donors (Lipinski definition) is 0. The van der Waals surface area contributed by atoms with Crippen LogP contribution in [0.2, 0.25) is 5.02 Å². The van der Waals surface area contributed by atoms with Gasteiger partial charge in [0.1, 0.15) is 11.6 Å². The van der Waals surface area contributed by atoms with Gasteiger partial charge in [0.2, 0.25) is 0 Å². The van der Waals surface area contributed by atoms with Crippen LogP contribution in [0, 0.1) is 12.7 Å². The van der Waals surface area contributed by atoms with Gasteiger partial charge in [0.15, 0.2) is 0 Å². The van der Waals surface area contributed by atoms with Crippen LogP contribution < -0.4 is 4.74 Å². The van der Waals surface area contributed by atoms with Gasteiger partial charge in [-0.15, -0.1) is 0 Å². The summed E-state index contributed by atoms with van der Waals surface area (Å²) in [6.07, 6.45) is 0. The van der Waals surface area contributed by atoms with Crippen LogP contribution in [0.4, 0.5) is 13.2 Å². The first-order valence-corrected chi connectivity index (χ1v) is 3.79. The Labute approximate surface area is 78.1 Å². The van der Waals surface area contributed by atoms with Crippen LogP contribution in [0.25, 0.3) is 0 Å². The van der Waals surface area contributed by atoms with Crippen LogP contribution in [0.5, 0.6) is 5.75 Å². The lowest BCUT2D eigenvalue weighted by Gasteiger charge is -2.08. The van der Waals surface area contributed by atoms with E-state index in [1.165, 1.54) is 19.1 Å². The number of ether oxygens (including phenoxy) is 1. The smallest absolute Gasteiger partial charge is 0.387 e. The molecule has 72 valence electrons. The van der Waals surface area contributed by atoms with Gasteiger partial charge in [0.25, 0.3) is 0 Å². The fourth-order valence-corrected chi connectivity index (χ4v) is 1.06. The van der Waals surface area contributed by atoms with Gasteiger partial charge < -0.3 is 4.74 Å². The summed E-state index contributed by atoms with van der Waals surface area (Å²) in [5.41, 5.74) is -0.0206. The molecule has 1 aromatic rings. The molecule has 0 saturated heterocycles. The Balaban J connectivity index is 3.04. The molecular weight excluding hydrogens is 205 g/mol. The third kappa shape index (κ3) is 2.28. The highest BCUT2D eigenvalue weighted by molar-refractivity contribution is 6.30. The van der Waals surface area contributed by atoms with E-state index in [0.29, 0.717) is 0 Å². The molecule has 0 aliphatic rings. The van der Waals surface area contributed by atoms with Gasteiger partial charge in [-0.2, -0.15) is 8.78 Å². The average molecular weight is 211 g/mol. The molecule has 0 radical (unpaired) electrons. The molecule has 0 aliphatic carbocycles. The summed E-state index contributed by atoms with van der Waals surface area (Å²) in [4.78, 5) is 0. The second kappa shape index (κ2) is 3.87. The molecule has 13 heavy (non-hydrogen) atoms. The van der Waals surface area contributed by atoms with Crippen LogP contribution >= 0.6 is 11.6 Å². The van der Waals surface area contributed by atoms with Gasteiger partial charge in [-0.25, -0.2) is 4.39 Å². The molecule has 1 nitrogen and oxygen atoms in total. The minimum absolute atomic E-state index is 0.0206. The number of benzene rings is 1. The van der Waals surface area contributed by atoms with Gasteiger partial charge in [-0.1, -0.05) is 11.6 Å². The van der Waals surface area contributed by atoms with Crippen molar-refractivity contribution in [2.75, 3.05) is 0 Å². The molecule has 0 atom stereocenters. The third-order valence-corrected chi connectivity index (χ3v) is 1.80. The third-order valence-electron chi connectivity index (χ3n) is 1.51. The van der Waals surface area contributed by atoms with E-state index in [0.717, 1.165) is 0 Å². The Morgan fingerprint density at radius 3 is 2.54 bits per heavy atom. The highest BCUT2D eigenvalue weighted by Crippen LogP contribution is 2.27. The summed E-state index contributed by atoms with van der Waals surface area (Å²) in [6, 6.07) is 2.37. The molecule has 0 spiro atoms. The van der Waals surface area contributed by atoms with E-state index >= 15 is 0 Å². The van der Waals surface area contributed by atoms with Crippen LogP contribution in [-0.4, -0.2) is 6.61 Å². The van der Waals surface area contributed by atoms with Gasteiger partial charge in [0, 0.05) is 5.56 Å². The van der Waals surface area contributed by atoms with E-state index in [1.807, 2.05) is 0 Å². The Hall–Kier alpha value is -0.900. The fourth-order valence-electron chi connectivity index (χ4n) is 0.858. The largest absolute Gasteiger partial charge is 0.434 e. The summed E-state index contributed by atoms with van der Waals surface area (Å²) in [5.74, 6) is -0.934. The quantitative estimate of drug-likeness (QED) is 0.727. The van der Waals surface area contributed by atoms with Crippen LogP contribution in [0.15, 0.2) is 12.1 Å². The van der Waals surface area contributed by atoms with Crippen molar-refractivity contribution in [3.8, 4) is 5.75 Å². The Bertz CT molecular complexity index is 315. The predicted molar refractivity (Wildman–Crippen MR) is 42.8 cm³/mol. The fraction of sp³-hybridized carbons (Fsp3) is 0.250. The van der Waals surface area contributed by atoms with E-state index in [2.05, 4.69) is 4.74 Å². The highest BCUT2D eigenvalue weighted by atomic mass is 35.5. The number of alkyl halides is 2. The zero-order valence-electron chi connectivity index (χ0n) is 6.65. The Kier molecular flexibility index (Phi) is 3.03. The number of hydrogen-bond acceptors (Lipinski definition) is 1. The summed E-state index contributed by atoms with van der Waals surface area (Å²) in [6.45, 7) is -1.64. The van der Waals surface area contributed by atoms with Gasteiger partial charge in [-0.05, 0) is 19.1 Å². The zero-order valence-corrected chi connectivity index (χ0v) is 7.41. The number of rotatable bonds is 2. The maximum Gasteiger partial charge on any atom is 0.387 e. The van der Waals surface area contributed by atoms with Crippen molar-refractivity contribution < 1.29 is 17.9 Å². The van der Waals surface area contributed by atoms with Gasteiger partial charge in [-0.3, -0.25) is 0 Å².